The first-order valence-electron chi connectivity index (χ1n) is 9.81. The van der Waals surface area contributed by atoms with Gasteiger partial charge in [0.25, 0.3) is 0 Å². The fourth-order valence-corrected chi connectivity index (χ4v) is 3.90. The Hall–Kier alpha value is -2.08. The Balaban J connectivity index is 1.33. The lowest BCUT2D eigenvalue weighted by atomic mass is 9.78. The summed E-state index contributed by atoms with van der Waals surface area (Å²) in [5.74, 6) is -0.123. The zero-order valence-corrected chi connectivity index (χ0v) is 16.5. The van der Waals surface area contributed by atoms with Crippen molar-refractivity contribution in [2.24, 2.45) is 5.41 Å². The number of carbonyl (C=O) groups is 2. The van der Waals surface area contributed by atoms with Crippen LogP contribution < -0.4 is 10.1 Å². The molecule has 0 bridgehead atoms. The quantitative estimate of drug-likeness (QED) is 0.560. The van der Waals surface area contributed by atoms with Crippen molar-refractivity contribution in [3.63, 3.8) is 0 Å². The van der Waals surface area contributed by atoms with Crippen LogP contribution in [-0.4, -0.2) is 55.7 Å². The van der Waals surface area contributed by atoms with E-state index in [1.807, 2.05) is 38.1 Å². The first kappa shape index (κ1) is 19.7. The average molecular weight is 374 g/mol. The Kier molecular flexibility index (Phi) is 6.05. The second-order valence-electron chi connectivity index (χ2n) is 7.77. The third-order valence-electron chi connectivity index (χ3n) is 5.70. The molecule has 0 aliphatic heterocycles. The zero-order chi connectivity index (χ0) is 19.4. The van der Waals surface area contributed by atoms with Gasteiger partial charge < -0.3 is 19.7 Å². The van der Waals surface area contributed by atoms with E-state index < -0.39 is 11.8 Å². The van der Waals surface area contributed by atoms with Crippen LogP contribution >= 0.6 is 0 Å². The summed E-state index contributed by atoms with van der Waals surface area (Å²) in [6.07, 6.45) is 3.94. The third kappa shape index (κ3) is 4.61. The molecule has 6 nitrogen and oxygen atoms in total. The van der Waals surface area contributed by atoms with Crippen molar-refractivity contribution in [1.29, 1.82) is 0 Å². The van der Waals surface area contributed by atoms with Crippen LogP contribution in [-0.2, 0) is 14.3 Å². The maximum absolute atomic E-state index is 12.3. The van der Waals surface area contributed by atoms with E-state index in [9.17, 15) is 9.59 Å². The number of nitrogens with zero attached hydrogens (tertiary/aromatic N) is 1. The van der Waals surface area contributed by atoms with Gasteiger partial charge in [0.05, 0.1) is 12.7 Å². The van der Waals surface area contributed by atoms with E-state index in [1.165, 1.54) is 4.90 Å². The molecule has 1 spiro atoms. The topological polar surface area (TPSA) is 67.9 Å². The molecule has 1 unspecified atom stereocenters. The van der Waals surface area contributed by atoms with Crippen LogP contribution in [0.4, 0.5) is 0 Å². The van der Waals surface area contributed by atoms with Gasteiger partial charge >= 0.3 is 11.8 Å². The molecule has 2 saturated carbocycles. The summed E-state index contributed by atoms with van der Waals surface area (Å²) in [5, 5.41) is 2.90. The number of nitrogens with one attached hydrogen (secondary N) is 1. The highest BCUT2D eigenvalue weighted by molar-refractivity contribution is 6.35. The number of hydrogen-bond acceptors (Lipinski definition) is 4. The first-order chi connectivity index (χ1) is 12.9. The average Bonchev–Trinajstić information content (AvgIpc) is 3.32. The van der Waals surface area contributed by atoms with Crippen LogP contribution in [0.5, 0.6) is 5.75 Å². The molecule has 1 N–H and O–H groups in total. The van der Waals surface area contributed by atoms with Crippen LogP contribution in [0.3, 0.4) is 0 Å². The van der Waals surface area contributed by atoms with Gasteiger partial charge in [-0.3, -0.25) is 9.59 Å². The van der Waals surface area contributed by atoms with Gasteiger partial charge in [-0.15, -0.1) is 0 Å². The number of amides is 2. The van der Waals surface area contributed by atoms with Crippen molar-refractivity contribution in [1.82, 2.24) is 10.2 Å². The van der Waals surface area contributed by atoms with Gasteiger partial charge in [-0.05, 0) is 56.6 Å². The molecule has 0 heterocycles. The molecule has 148 valence electrons. The monoisotopic (exact) mass is 374 g/mol. The molecule has 1 aromatic rings. The van der Waals surface area contributed by atoms with Gasteiger partial charge in [0.2, 0.25) is 0 Å². The molecule has 1 aromatic carbocycles. The normalized spacial score (nSPS) is 25.6. The lowest BCUT2D eigenvalue weighted by Crippen LogP contribution is -2.45. The summed E-state index contributed by atoms with van der Waals surface area (Å²) in [6.45, 7) is 5.72. The molecule has 3 rings (SSSR count). The molecular weight excluding hydrogens is 344 g/mol. The summed E-state index contributed by atoms with van der Waals surface area (Å²) in [7, 11) is 1.66. The van der Waals surface area contributed by atoms with Crippen LogP contribution in [0.2, 0.25) is 0 Å². The van der Waals surface area contributed by atoms with Gasteiger partial charge in [0, 0.05) is 26.2 Å². The van der Waals surface area contributed by atoms with Crippen molar-refractivity contribution in [2.45, 2.75) is 51.7 Å². The summed E-state index contributed by atoms with van der Waals surface area (Å²) in [6, 6.07) is 7.96. The van der Waals surface area contributed by atoms with Gasteiger partial charge in [-0.2, -0.15) is 0 Å². The van der Waals surface area contributed by atoms with Crippen LogP contribution in [0, 0.1) is 12.3 Å². The maximum atomic E-state index is 12.3. The SMILES string of the molecule is CCOC1CC2(C1)CC2NC(=O)C(=O)N(C)CCCOc1ccccc1C. The van der Waals surface area contributed by atoms with Crippen molar-refractivity contribution in [3.8, 4) is 5.75 Å². The van der Waals surface area contributed by atoms with Gasteiger partial charge in [0.1, 0.15) is 5.75 Å². The number of benzene rings is 1. The minimum absolute atomic E-state index is 0.128. The fraction of sp³-hybridized carbons (Fsp3) is 0.619. The standard InChI is InChI=1S/C21H30N2O4/c1-4-26-16-12-21(13-16)14-18(21)22-19(24)20(25)23(3)10-7-11-27-17-9-6-5-8-15(17)2/h5-6,8-9,16,18H,4,7,10-14H2,1-3H3,(H,22,24). The summed E-state index contributed by atoms with van der Waals surface area (Å²) < 4.78 is 11.3. The van der Waals surface area contributed by atoms with E-state index in [0.717, 1.165) is 37.2 Å². The predicted molar refractivity (Wildman–Crippen MR) is 103 cm³/mol. The highest BCUT2D eigenvalue weighted by Gasteiger charge is 2.62. The molecule has 27 heavy (non-hydrogen) atoms. The second kappa shape index (κ2) is 8.30. The number of aryl methyl sites for hydroxylation is 1. The number of para-hydroxylation sites is 1. The Morgan fingerprint density at radius 2 is 2.00 bits per heavy atom. The highest BCUT2D eigenvalue weighted by Crippen LogP contribution is 2.61. The number of ether oxygens (including phenoxy) is 2. The number of likely N-dealkylation sites (N-methyl/N-ethyl adjacent to an activating group) is 1. The summed E-state index contributed by atoms with van der Waals surface area (Å²) >= 11 is 0. The Morgan fingerprint density at radius 3 is 2.70 bits per heavy atom. The minimum Gasteiger partial charge on any atom is -0.493 e. The van der Waals surface area contributed by atoms with Gasteiger partial charge in [-0.1, -0.05) is 18.2 Å². The molecule has 0 saturated heterocycles. The Morgan fingerprint density at radius 1 is 1.26 bits per heavy atom. The molecular formula is C21H30N2O4. The maximum Gasteiger partial charge on any atom is 0.311 e. The molecule has 2 aliphatic carbocycles. The van der Waals surface area contributed by atoms with Crippen molar-refractivity contribution >= 4 is 11.8 Å². The smallest absolute Gasteiger partial charge is 0.311 e. The number of carbonyl (C=O) groups excluding carboxylic acids is 2. The molecule has 0 radical (unpaired) electrons. The Labute approximate surface area is 161 Å². The van der Waals surface area contributed by atoms with E-state index >= 15 is 0 Å². The minimum atomic E-state index is -0.501. The Bertz CT molecular complexity index is 685. The van der Waals surface area contributed by atoms with Gasteiger partial charge in [-0.25, -0.2) is 0 Å². The molecule has 0 aromatic heterocycles. The van der Waals surface area contributed by atoms with E-state index in [2.05, 4.69) is 5.32 Å². The molecule has 6 heteroatoms. The number of hydrogen-bond donors (Lipinski definition) is 1. The van der Waals surface area contributed by atoms with Crippen molar-refractivity contribution in [2.75, 3.05) is 26.8 Å². The largest absolute Gasteiger partial charge is 0.493 e. The van der Waals surface area contributed by atoms with E-state index in [-0.39, 0.29) is 11.5 Å². The summed E-state index contributed by atoms with van der Waals surface area (Å²) in [4.78, 5) is 25.9. The highest BCUT2D eigenvalue weighted by atomic mass is 16.5. The summed E-state index contributed by atoms with van der Waals surface area (Å²) in [5.41, 5.74) is 1.28. The van der Waals surface area contributed by atoms with E-state index in [1.54, 1.807) is 7.05 Å². The molecule has 2 aliphatic rings. The molecule has 2 fully saturated rings. The van der Waals surface area contributed by atoms with Gasteiger partial charge in [0.15, 0.2) is 0 Å². The van der Waals surface area contributed by atoms with Crippen molar-refractivity contribution < 1.29 is 19.1 Å². The lowest BCUT2D eigenvalue weighted by Gasteiger charge is -2.36. The zero-order valence-electron chi connectivity index (χ0n) is 16.5. The first-order valence-corrected chi connectivity index (χ1v) is 9.81. The fourth-order valence-electron chi connectivity index (χ4n) is 3.90. The number of rotatable bonds is 8. The van der Waals surface area contributed by atoms with E-state index in [0.29, 0.717) is 25.7 Å². The third-order valence-corrected chi connectivity index (χ3v) is 5.70. The predicted octanol–water partition coefficient (Wildman–Crippen LogP) is 2.30. The van der Waals surface area contributed by atoms with Crippen LogP contribution in [0.1, 0.15) is 38.2 Å². The van der Waals surface area contributed by atoms with Crippen LogP contribution in [0.25, 0.3) is 0 Å². The molecule has 1 atom stereocenters. The van der Waals surface area contributed by atoms with Crippen molar-refractivity contribution in [3.05, 3.63) is 29.8 Å². The second-order valence-corrected chi connectivity index (χ2v) is 7.77. The van der Waals surface area contributed by atoms with Crippen LogP contribution in [0.15, 0.2) is 24.3 Å². The van der Waals surface area contributed by atoms with E-state index in [4.69, 9.17) is 9.47 Å². The lowest BCUT2D eigenvalue weighted by molar-refractivity contribution is -0.145. The molecule has 2 amide bonds.